The van der Waals surface area contributed by atoms with Gasteiger partial charge in [-0.1, -0.05) is 36.4 Å². The van der Waals surface area contributed by atoms with Gasteiger partial charge in [0.1, 0.15) is 0 Å². The van der Waals surface area contributed by atoms with Crippen LogP contribution in [0.4, 0.5) is 5.69 Å². The SMILES string of the molecule is Cn1nc(C(=O)Nc2cnc3ccccc3c2)c2ccccc2c1=O. The monoisotopic (exact) mass is 330 g/mol. The smallest absolute Gasteiger partial charge is 0.276 e. The van der Waals surface area contributed by atoms with Crippen molar-refractivity contribution in [2.75, 3.05) is 5.32 Å². The fourth-order valence-corrected chi connectivity index (χ4v) is 2.80. The van der Waals surface area contributed by atoms with E-state index in [9.17, 15) is 9.59 Å². The number of nitrogens with one attached hydrogen (secondary N) is 1. The molecule has 4 aromatic rings. The molecule has 0 radical (unpaired) electrons. The predicted octanol–water partition coefficient (Wildman–Crippen LogP) is 2.73. The van der Waals surface area contributed by atoms with Crippen molar-refractivity contribution in [2.24, 2.45) is 7.05 Å². The molecule has 4 rings (SSSR count). The average molecular weight is 330 g/mol. The van der Waals surface area contributed by atoms with E-state index in [1.807, 2.05) is 30.3 Å². The zero-order valence-corrected chi connectivity index (χ0v) is 13.4. The Balaban J connectivity index is 1.77. The highest BCUT2D eigenvalue weighted by atomic mass is 16.2. The average Bonchev–Trinajstić information content (AvgIpc) is 2.64. The molecule has 0 spiro atoms. The van der Waals surface area contributed by atoms with Crippen molar-refractivity contribution in [3.05, 3.63) is 76.8 Å². The number of pyridine rings is 1. The molecule has 0 unspecified atom stereocenters. The second kappa shape index (κ2) is 5.83. The minimum absolute atomic E-state index is 0.200. The molecule has 6 nitrogen and oxygen atoms in total. The highest BCUT2D eigenvalue weighted by molar-refractivity contribution is 6.11. The molecule has 0 aliphatic carbocycles. The number of para-hydroxylation sites is 1. The number of hydrogen-bond acceptors (Lipinski definition) is 4. The van der Waals surface area contributed by atoms with Crippen LogP contribution in [0, 0.1) is 0 Å². The van der Waals surface area contributed by atoms with E-state index in [4.69, 9.17) is 0 Å². The third kappa shape index (κ3) is 2.63. The Labute approximate surface area is 142 Å². The van der Waals surface area contributed by atoms with Crippen LogP contribution in [0.2, 0.25) is 0 Å². The quantitative estimate of drug-likeness (QED) is 0.613. The minimum atomic E-state index is -0.385. The molecule has 0 atom stereocenters. The number of aryl methyl sites for hydroxylation is 1. The zero-order chi connectivity index (χ0) is 17.4. The second-order valence-electron chi connectivity index (χ2n) is 5.69. The molecule has 2 heterocycles. The number of carbonyl (C=O) groups is 1. The number of benzene rings is 2. The molecular formula is C19H14N4O2. The van der Waals surface area contributed by atoms with Gasteiger partial charge in [-0.25, -0.2) is 4.68 Å². The van der Waals surface area contributed by atoms with Gasteiger partial charge in [0.25, 0.3) is 11.5 Å². The van der Waals surface area contributed by atoms with Gasteiger partial charge < -0.3 is 5.32 Å². The van der Waals surface area contributed by atoms with E-state index in [1.54, 1.807) is 30.5 Å². The molecule has 0 bridgehead atoms. The highest BCUT2D eigenvalue weighted by Gasteiger charge is 2.16. The van der Waals surface area contributed by atoms with Crippen LogP contribution in [0.1, 0.15) is 10.5 Å². The van der Waals surface area contributed by atoms with E-state index in [-0.39, 0.29) is 17.2 Å². The van der Waals surface area contributed by atoms with Crippen molar-refractivity contribution in [2.45, 2.75) is 0 Å². The van der Waals surface area contributed by atoms with Crippen LogP contribution in [-0.2, 0) is 7.05 Å². The van der Waals surface area contributed by atoms with Gasteiger partial charge >= 0.3 is 0 Å². The van der Waals surface area contributed by atoms with Gasteiger partial charge in [-0.15, -0.1) is 0 Å². The summed E-state index contributed by atoms with van der Waals surface area (Å²) in [5.41, 5.74) is 1.39. The maximum atomic E-state index is 12.7. The van der Waals surface area contributed by atoms with Gasteiger partial charge in [0.05, 0.1) is 22.8 Å². The third-order valence-electron chi connectivity index (χ3n) is 4.02. The van der Waals surface area contributed by atoms with Gasteiger partial charge in [0.2, 0.25) is 0 Å². The van der Waals surface area contributed by atoms with Crippen LogP contribution >= 0.6 is 0 Å². The van der Waals surface area contributed by atoms with Crippen molar-refractivity contribution in [1.29, 1.82) is 0 Å². The first-order chi connectivity index (χ1) is 12.1. The lowest BCUT2D eigenvalue weighted by molar-refractivity contribution is 0.102. The van der Waals surface area contributed by atoms with Gasteiger partial charge in [0.15, 0.2) is 5.69 Å². The van der Waals surface area contributed by atoms with Crippen LogP contribution in [0.15, 0.2) is 65.6 Å². The number of rotatable bonds is 2. The number of hydrogen-bond donors (Lipinski definition) is 1. The van der Waals surface area contributed by atoms with Crippen molar-refractivity contribution in [3.63, 3.8) is 0 Å². The summed E-state index contributed by atoms with van der Waals surface area (Å²) < 4.78 is 1.18. The topological polar surface area (TPSA) is 76.9 Å². The molecule has 1 amide bonds. The van der Waals surface area contributed by atoms with Crippen LogP contribution in [-0.4, -0.2) is 20.7 Å². The molecule has 25 heavy (non-hydrogen) atoms. The first-order valence-corrected chi connectivity index (χ1v) is 7.76. The number of fused-ring (bicyclic) bond motifs is 2. The van der Waals surface area contributed by atoms with E-state index in [1.165, 1.54) is 11.7 Å². The zero-order valence-electron chi connectivity index (χ0n) is 13.4. The highest BCUT2D eigenvalue weighted by Crippen LogP contribution is 2.18. The maximum Gasteiger partial charge on any atom is 0.276 e. The van der Waals surface area contributed by atoms with E-state index >= 15 is 0 Å². The Bertz CT molecular complexity index is 1180. The summed E-state index contributed by atoms with van der Waals surface area (Å²) in [6.45, 7) is 0. The number of aromatic nitrogens is 3. The van der Waals surface area contributed by atoms with Crippen molar-refractivity contribution >= 4 is 33.3 Å². The van der Waals surface area contributed by atoms with Crippen molar-refractivity contribution < 1.29 is 4.79 Å². The van der Waals surface area contributed by atoms with E-state index in [2.05, 4.69) is 15.4 Å². The van der Waals surface area contributed by atoms with Gasteiger partial charge in [-0.05, 0) is 18.2 Å². The number of carbonyl (C=O) groups excluding carboxylic acids is 1. The fraction of sp³-hybridized carbons (Fsp3) is 0.0526. The summed E-state index contributed by atoms with van der Waals surface area (Å²) >= 11 is 0. The molecular weight excluding hydrogens is 316 g/mol. The Morgan fingerprint density at radius 1 is 1.04 bits per heavy atom. The lowest BCUT2D eigenvalue weighted by Gasteiger charge is -2.09. The van der Waals surface area contributed by atoms with Crippen LogP contribution in [0.5, 0.6) is 0 Å². The standard InChI is InChI=1S/C19H14N4O2/c1-23-19(25)15-8-4-3-7-14(15)17(22-23)18(24)21-13-10-12-6-2-5-9-16(12)20-11-13/h2-11H,1H3,(H,21,24). The summed E-state index contributed by atoms with van der Waals surface area (Å²) in [6, 6.07) is 16.5. The molecule has 0 aliphatic heterocycles. The molecule has 0 saturated heterocycles. The van der Waals surface area contributed by atoms with Crippen LogP contribution in [0.3, 0.4) is 0 Å². The fourth-order valence-electron chi connectivity index (χ4n) is 2.80. The van der Waals surface area contributed by atoms with Crippen LogP contribution < -0.4 is 10.9 Å². The maximum absolute atomic E-state index is 12.7. The Kier molecular flexibility index (Phi) is 3.50. The summed E-state index contributed by atoms with van der Waals surface area (Å²) in [5, 5.41) is 8.85. The lowest BCUT2D eigenvalue weighted by atomic mass is 10.1. The first-order valence-electron chi connectivity index (χ1n) is 7.76. The van der Waals surface area contributed by atoms with Crippen LogP contribution in [0.25, 0.3) is 21.7 Å². The summed E-state index contributed by atoms with van der Waals surface area (Å²) in [4.78, 5) is 29.2. The van der Waals surface area contributed by atoms with E-state index in [0.29, 0.717) is 16.5 Å². The number of amides is 1. The molecule has 2 aromatic heterocycles. The first kappa shape index (κ1) is 15.0. The normalized spacial score (nSPS) is 10.9. The molecule has 0 fully saturated rings. The van der Waals surface area contributed by atoms with E-state index in [0.717, 1.165) is 10.9 Å². The predicted molar refractivity (Wildman–Crippen MR) is 96.7 cm³/mol. The minimum Gasteiger partial charge on any atom is -0.319 e. The number of anilines is 1. The van der Waals surface area contributed by atoms with Crippen molar-refractivity contribution in [3.8, 4) is 0 Å². The number of nitrogens with zero attached hydrogens (tertiary/aromatic N) is 3. The second-order valence-corrected chi connectivity index (χ2v) is 5.69. The summed E-state index contributed by atoms with van der Waals surface area (Å²) in [6.07, 6.45) is 1.60. The Hall–Kier alpha value is -3.54. The van der Waals surface area contributed by atoms with E-state index < -0.39 is 0 Å². The Morgan fingerprint density at radius 3 is 2.60 bits per heavy atom. The molecule has 0 aliphatic rings. The summed E-state index contributed by atoms with van der Waals surface area (Å²) in [7, 11) is 1.53. The molecule has 122 valence electrons. The molecule has 6 heteroatoms. The Morgan fingerprint density at radius 2 is 1.76 bits per heavy atom. The molecule has 2 aromatic carbocycles. The summed E-state index contributed by atoms with van der Waals surface area (Å²) in [5.74, 6) is -0.385. The third-order valence-corrected chi connectivity index (χ3v) is 4.02. The van der Waals surface area contributed by atoms with Gasteiger partial charge in [0, 0.05) is 17.8 Å². The molecule has 0 saturated carbocycles. The molecule has 1 N–H and O–H groups in total. The van der Waals surface area contributed by atoms with Crippen molar-refractivity contribution in [1.82, 2.24) is 14.8 Å². The van der Waals surface area contributed by atoms with Gasteiger partial charge in [-0.2, -0.15) is 5.10 Å². The van der Waals surface area contributed by atoms with Gasteiger partial charge in [-0.3, -0.25) is 14.6 Å². The largest absolute Gasteiger partial charge is 0.319 e. The lowest BCUT2D eigenvalue weighted by Crippen LogP contribution is -2.25.